The summed E-state index contributed by atoms with van der Waals surface area (Å²) in [5.41, 5.74) is -0.379. The number of ether oxygens (including phenoxy) is 1. The molecule has 0 aromatic heterocycles. The topological polar surface area (TPSA) is 29.5 Å². The van der Waals surface area contributed by atoms with Gasteiger partial charge in [-0.05, 0) is 23.8 Å². The molecule has 2 nitrogen and oxygen atoms in total. The van der Waals surface area contributed by atoms with Crippen LogP contribution in [0.5, 0.6) is 0 Å². The molecular weight excluding hydrogens is 231 g/mol. The minimum absolute atomic E-state index is 0.0900. The number of methoxy groups -OCH3 is 1. The average molecular weight is 245 g/mol. The second-order valence-electron chi connectivity index (χ2n) is 4.40. The van der Waals surface area contributed by atoms with Crippen LogP contribution in [0.4, 0.5) is 4.39 Å². The molecule has 88 valence electrons. The molecule has 1 fully saturated rings. The number of aliphatic hydroxyl groups is 1. The highest BCUT2D eigenvalue weighted by atomic mass is 35.5. The fourth-order valence-corrected chi connectivity index (χ4v) is 2.33. The average Bonchev–Trinajstić information content (AvgIpc) is 2.19. The van der Waals surface area contributed by atoms with Gasteiger partial charge in [-0.15, -0.1) is 0 Å². The van der Waals surface area contributed by atoms with Gasteiger partial charge in [-0.25, -0.2) is 4.39 Å². The van der Waals surface area contributed by atoms with Crippen molar-refractivity contribution in [1.29, 1.82) is 0 Å². The van der Waals surface area contributed by atoms with E-state index in [0.717, 1.165) is 0 Å². The largest absolute Gasteiger partial charge is 0.389 e. The van der Waals surface area contributed by atoms with E-state index in [1.54, 1.807) is 13.2 Å². The summed E-state index contributed by atoms with van der Waals surface area (Å²) in [5, 5.41) is 10.6. The van der Waals surface area contributed by atoms with E-state index in [-0.39, 0.29) is 11.9 Å². The maximum Gasteiger partial charge on any atom is 0.126 e. The monoisotopic (exact) mass is 244 g/mol. The number of benzene rings is 1. The van der Waals surface area contributed by atoms with Gasteiger partial charge in [0.25, 0.3) is 0 Å². The van der Waals surface area contributed by atoms with Crippen molar-refractivity contribution < 1.29 is 14.2 Å². The molecule has 0 bridgehead atoms. The summed E-state index contributed by atoms with van der Waals surface area (Å²) in [5.74, 6) is -0.321. The molecule has 0 unspecified atom stereocenters. The Balaban J connectivity index is 2.07. The van der Waals surface area contributed by atoms with Crippen molar-refractivity contribution in [3.05, 3.63) is 34.6 Å². The Hall–Kier alpha value is -0.640. The molecule has 16 heavy (non-hydrogen) atoms. The lowest BCUT2D eigenvalue weighted by atomic mass is 9.73. The molecule has 1 N–H and O–H groups in total. The van der Waals surface area contributed by atoms with Crippen LogP contribution < -0.4 is 0 Å². The van der Waals surface area contributed by atoms with E-state index in [0.29, 0.717) is 29.8 Å². The normalized spacial score (nSPS) is 28.9. The molecule has 1 aromatic carbocycles. The molecule has 0 radical (unpaired) electrons. The van der Waals surface area contributed by atoms with Crippen molar-refractivity contribution >= 4 is 11.6 Å². The molecule has 0 amide bonds. The van der Waals surface area contributed by atoms with Gasteiger partial charge in [0, 0.05) is 31.4 Å². The van der Waals surface area contributed by atoms with E-state index in [1.165, 1.54) is 12.1 Å². The van der Waals surface area contributed by atoms with Crippen LogP contribution in [0.15, 0.2) is 18.2 Å². The smallest absolute Gasteiger partial charge is 0.126 e. The standard InChI is InChI=1S/C12H14ClFO2/c1-16-10-6-12(15,7-10)5-8-4-9(13)2-3-11(8)14/h2-4,10,15H,5-7H2,1H3. The third kappa shape index (κ3) is 2.37. The number of hydrogen-bond acceptors (Lipinski definition) is 2. The maximum absolute atomic E-state index is 13.4. The van der Waals surface area contributed by atoms with Crippen molar-refractivity contribution in [3.8, 4) is 0 Å². The predicted octanol–water partition coefficient (Wildman–Crippen LogP) is 2.56. The van der Waals surface area contributed by atoms with E-state index < -0.39 is 5.60 Å². The Kier molecular flexibility index (Phi) is 3.19. The second-order valence-corrected chi connectivity index (χ2v) is 4.84. The zero-order valence-electron chi connectivity index (χ0n) is 9.04. The van der Waals surface area contributed by atoms with E-state index in [2.05, 4.69) is 0 Å². The van der Waals surface area contributed by atoms with Gasteiger partial charge in [0.05, 0.1) is 11.7 Å². The highest BCUT2D eigenvalue weighted by Crippen LogP contribution is 2.37. The van der Waals surface area contributed by atoms with E-state index in [9.17, 15) is 9.50 Å². The Morgan fingerprint density at radius 3 is 2.88 bits per heavy atom. The lowest BCUT2D eigenvalue weighted by molar-refractivity contribution is -0.126. The number of hydrogen-bond donors (Lipinski definition) is 1. The second kappa shape index (κ2) is 4.32. The van der Waals surface area contributed by atoms with Gasteiger partial charge in [0.2, 0.25) is 0 Å². The van der Waals surface area contributed by atoms with Gasteiger partial charge in [-0.3, -0.25) is 0 Å². The summed E-state index contributed by atoms with van der Waals surface area (Å²) in [6.45, 7) is 0. The third-order valence-electron chi connectivity index (χ3n) is 3.08. The molecule has 1 aromatic rings. The summed E-state index contributed by atoms with van der Waals surface area (Å²) in [6.07, 6.45) is 1.48. The molecule has 2 rings (SSSR count). The maximum atomic E-state index is 13.4. The Morgan fingerprint density at radius 1 is 1.56 bits per heavy atom. The van der Waals surface area contributed by atoms with Crippen molar-refractivity contribution in [2.75, 3.05) is 7.11 Å². The lowest BCUT2D eigenvalue weighted by Gasteiger charge is -2.42. The van der Waals surface area contributed by atoms with Crippen molar-refractivity contribution in [2.24, 2.45) is 0 Å². The summed E-state index contributed by atoms with van der Waals surface area (Å²) in [6, 6.07) is 4.39. The van der Waals surface area contributed by atoms with Crippen molar-refractivity contribution in [1.82, 2.24) is 0 Å². The van der Waals surface area contributed by atoms with Crippen LogP contribution in [0.2, 0.25) is 5.02 Å². The zero-order valence-corrected chi connectivity index (χ0v) is 9.80. The minimum atomic E-state index is -0.841. The SMILES string of the molecule is COC1CC(O)(Cc2cc(Cl)ccc2F)C1. The van der Waals surface area contributed by atoms with E-state index in [1.807, 2.05) is 0 Å². The first-order valence-electron chi connectivity index (χ1n) is 5.21. The fourth-order valence-electron chi connectivity index (χ4n) is 2.13. The first-order valence-corrected chi connectivity index (χ1v) is 5.59. The predicted molar refractivity (Wildman–Crippen MR) is 60.1 cm³/mol. The third-order valence-corrected chi connectivity index (χ3v) is 3.31. The zero-order chi connectivity index (χ0) is 11.8. The van der Waals surface area contributed by atoms with Crippen LogP contribution in [0.1, 0.15) is 18.4 Å². The Bertz CT molecular complexity index is 389. The first kappa shape index (κ1) is 11.8. The van der Waals surface area contributed by atoms with Crippen LogP contribution in [0, 0.1) is 5.82 Å². The lowest BCUT2D eigenvalue weighted by Crippen LogP contribution is -2.49. The molecular formula is C12H14ClFO2. The highest BCUT2D eigenvalue weighted by molar-refractivity contribution is 6.30. The molecule has 1 aliphatic carbocycles. The quantitative estimate of drug-likeness (QED) is 0.886. The van der Waals surface area contributed by atoms with Crippen molar-refractivity contribution in [2.45, 2.75) is 31.0 Å². The van der Waals surface area contributed by atoms with Gasteiger partial charge < -0.3 is 9.84 Å². The van der Waals surface area contributed by atoms with E-state index >= 15 is 0 Å². The molecule has 0 spiro atoms. The summed E-state index contributed by atoms with van der Waals surface area (Å²) < 4.78 is 18.5. The van der Waals surface area contributed by atoms with Gasteiger partial charge in [0.1, 0.15) is 5.82 Å². The Morgan fingerprint density at radius 2 is 2.25 bits per heavy atom. The van der Waals surface area contributed by atoms with Crippen LogP contribution in [-0.4, -0.2) is 23.9 Å². The van der Waals surface area contributed by atoms with Crippen LogP contribution in [-0.2, 0) is 11.2 Å². The van der Waals surface area contributed by atoms with Gasteiger partial charge in [-0.2, -0.15) is 0 Å². The number of rotatable bonds is 3. The molecule has 0 heterocycles. The van der Waals surface area contributed by atoms with Crippen LogP contribution in [0.25, 0.3) is 0 Å². The highest BCUT2D eigenvalue weighted by Gasteiger charge is 2.43. The molecule has 4 heteroatoms. The van der Waals surface area contributed by atoms with Gasteiger partial charge in [-0.1, -0.05) is 11.6 Å². The van der Waals surface area contributed by atoms with Gasteiger partial charge in [0.15, 0.2) is 0 Å². The summed E-state index contributed by atoms with van der Waals surface area (Å²) >= 11 is 5.79. The Labute approximate surface area is 99.0 Å². The van der Waals surface area contributed by atoms with Crippen LogP contribution in [0.3, 0.4) is 0 Å². The molecule has 0 atom stereocenters. The van der Waals surface area contributed by atoms with E-state index in [4.69, 9.17) is 16.3 Å². The van der Waals surface area contributed by atoms with Crippen LogP contribution >= 0.6 is 11.6 Å². The molecule has 0 saturated heterocycles. The number of halogens is 2. The fraction of sp³-hybridized carbons (Fsp3) is 0.500. The first-order chi connectivity index (χ1) is 7.52. The van der Waals surface area contributed by atoms with Crippen molar-refractivity contribution in [3.63, 3.8) is 0 Å². The minimum Gasteiger partial charge on any atom is -0.389 e. The summed E-state index contributed by atoms with van der Waals surface area (Å²) in [7, 11) is 1.62. The molecule has 1 aliphatic rings. The molecule has 1 saturated carbocycles. The summed E-state index contributed by atoms with van der Waals surface area (Å²) in [4.78, 5) is 0. The van der Waals surface area contributed by atoms with Gasteiger partial charge >= 0.3 is 0 Å². The molecule has 0 aliphatic heterocycles.